The molecule has 0 saturated heterocycles. The van der Waals surface area contributed by atoms with Crippen LogP contribution in [0.25, 0.3) is 5.69 Å². The van der Waals surface area contributed by atoms with Gasteiger partial charge < -0.3 is 4.74 Å². The quantitative estimate of drug-likeness (QED) is 0.904. The first kappa shape index (κ1) is 12.5. The molecule has 4 heteroatoms. The van der Waals surface area contributed by atoms with E-state index in [2.05, 4.69) is 5.10 Å². The van der Waals surface area contributed by atoms with Crippen LogP contribution in [-0.2, 0) is 0 Å². The molecule has 0 aliphatic rings. The molecule has 0 spiro atoms. The summed E-state index contributed by atoms with van der Waals surface area (Å²) in [6, 6.07) is 7.44. The van der Waals surface area contributed by atoms with E-state index in [4.69, 9.17) is 4.74 Å². The van der Waals surface area contributed by atoms with E-state index in [9.17, 15) is 4.79 Å². The van der Waals surface area contributed by atoms with Gasteiger partial charge in [0.1, 0.15) is 5.75 Å². The standard InChI is InChI=1S/C14H18N2O2/c1-9(2)13-10(3)15-16(14(13)17)11-6-5-7-12(8-11)18-4/h5-9,15H,1-4H3. The number of hydrogen-bond donors (Lipinski definition) is 1. The van der Waals surface area contributed by atoms with E-state index >= 15 is 0 Å². The van der Waals surface area contributed by atoms with Crippen molar-refractivity contribution in [2.24, 2.45) is 0 Å². The highest BCUT2D eigenvalue weighted by atomic mass is 16.5. The van der Waals surface area contributed by atoms with E-state index in [1.54, 1.807) is 11.8 Å². The maximum Gasteiger partial charge on any atom is 0.274 e. The third kappa shape index (κ3) is 2.06. The molecular weight excluding hydrogens is 228 g/mol. The van der Waals surface area contributed by atoms with Crippen LogP contribution in [0.3, 0.4) is 0 Å². The lowest BCUT2D eigenvalue weighted by atomic mass is 10.1. The Morgan fingerprint density at radius 3 is 2.61 bits per heavy atom. The second kappa shape index (κ2) is 4.72. The molecule has 2 aromatic rings. The van der Waals surface area contributed by atoms with E-state index in [1.807, 2.05) is 45.0 Å². The number of nitrogens with one attached hydrogen (secondary N) is 1. The Bertz CT molecular complexity index is 608. The lowest BCUT2D eigenvalue weighted by Crippen LogP contribution is -2.18. The molecule has 1 N–H and O–H groups in total. The van der Waals surface area contributed by atoms with Crippen LogP contribution in [-0.4, -0.2) is 16.9 Å². The van der Waals surface area contributed by atoms with Gasteiger partial charge in [0.2, 0.25) is 0 Å². The largest absolute Gasteiger partial charge is 0.497 e. The smallest absolute Gasteiger partial charge is 0.274 e. The predicted octanol–water partition coefficient (Wildman–Crippen LogP) is 2.61. The monoisotopic (exact) mass is 246 g/mol. The van der Waals surface area contributed by atoms with Crippen molar-refractivity contribution >= 4 is 0 Å². The molecule has 0 fully saturated rings. The van der Waals surface area contributed by atoms with Gasteiger partial charge in [-0.25, -0.2) is 4.68 Å². The summed E-state index contributed by atoms with van der Waals surface area (Å²) in [6.45, 7) is 5.97. The lowest BCUT2D eigenvalue weighted by Gasteiger charge is -2.04. The van der Waals surface area contributed by atoms with Gasteiger partial charge in [-0.2, -0.15) is 0 Å². The Hall–Kier alpha value is -1.97. The molecule has 1 aromatic carbocycles. The average molecular weight is 246 g/mol. The van der Waals surface area contributed by atoms with E-state index in [-0.39, 0.29) is 11.5 Å². The molecule has 18 heavy (non-hydrogen) atoms. The average Bonchev–Trinajstić information content (AvgIpc) is 2.65. The Morgan fingerprint density at radius 1 is 1.33 bits per heavy atom. The van der Waals surface area contributed by atoms with Crippen LogP contribution >= 0.6 is 0 Å². The van der Waals surface area contributed by atoms with Crippen LogP contribution in [0, 0.1) is 6.92 Å². The van der Waals surface area contributed by atoms with E-state index in [0.29, 0.717) is 0 Å². The lowest BCUT2D eigenvalue weighted by molar-refractivity contribution is 0.414. The first-order chi connectivity index (χ1) is 8.54. The number of H-pyrrole nitrogens is 1. The summed E-state index contributed by atoms with van der Waals surface area (Å²) in [5, 5.41) is 3.11. The fourth-order valence-electron chi connectivity index (χ4n) is 2.17. The molecule has 0 saturated carbocycles. The van der Waals surface area contributed by atoms with Crippen LogP contribution in [0.1, 0.15) is 31.0 Å². The number of nitrogens with zero attached hydrogens (tertiary/aromatic N) is 1. The molecule has 0 atom stereocenters. The van der Waals surface area contributed by atoms with Crippen molar-refractivity contribution in [2.45, 2.75) is 26.7 Å². The fraction of sp³-hybridized carbons (Fsp3) is 0.357. The summed E-state index contributed by atoms with van der Waals surface area (Å²) in [5.41, 5.74) is 2.54. The SMILES string of the molecule is COc1cccc(-n2[nH]c(C)c(C(C)C)c2=O)c1. The highest BCUT2D eigenvalue weighted by molar-refractivity contribution is 5.39. The summed E-state index contributed by atoms with van der Waals surface area (Å²) in [5.74, 6) is 0.943. The van der Waals surface area contributed by atoms with Crippen LogP contribution in [0.15, 0.2) is 29.1 Å². The van der Waals surface area contributed by atoms with Crippen molar-refractivity contribution in [3.05, 3.63) is 45.9 Å². The molecule has 0 bridgehead atoms. The number of ether oxygens (including phenoxy) is 1. The Balaban J connectivity index is 2.58. The van der Waals surface area contributed by atoms with E-state index in [1.165, 1.54) is 0 Å². The van der Waals surface area contributed by atoms with Gasteiger partial charge in [-0.1, -0.05) is 19.9 Å². The highest BCUT2D eigenvalue weighted by Gasteiger charge is 2.15. The summed E-state index contributed by atoms with van der Waals surface area (Å²) < 4.78 is 6.73. The molecule has 0 aliphatic heterocycles. The number of aromatic amines is 1. The summed E-state index contributed by atoms with van der Waals surface area (Å²) in [6.07, 6.45) is 0. The molecular formula is C14H18N2O2. The molecule has 4 nitrogen and oxygen atoms in total. The Morgan fingerprint density at radius 2 is 2.06 bits per heavy atom. The summed E-state index contributed by atoms with van der Waals surface area (Å²) in [4.78, 5) is 12.3. The molecule has 0 aliphatic carbocycles. The van der Waals surface area contributed by atoms with Crippen LogP contribution in [0.4, 0.5) is 0 Å². The topological polar surface area (TPSA) is 47.0 Å². The Kier molecular flexibility index (Phi) is 3.28. The molecule has 0 amide bonds. The van der Waals surface area contributed by atoms with E-state index < -0.39 is 0 Å². The van der Waals surface area contributed by atoms with E-state index in [0.717, 1.165) is 22.7 Å². The number of aromatic nitrogens is 2. The van der Waals surface area contributed by atoms with Gasteiger partial charge in [0, 0.05) is 17.3 Å². The third-order valence-electron chi connectivity index (χ3n) is 3.01. The first-order valence-electron chi connectivity index (χ1n) is 6.00. The number of benzene rings is 1. The van der Waals surface area contributed by atoms with Crippen molar-refractivity contribution < 1.29 is 4.74 Å². The zero-order valence-corrected chi connectivity index (χ0v) is 11.2. The van der Waals surface area contributed by atoms with Gasteiger partial charge in [0.25, 0.3) is 5.56 Å². The maximum atomic E-state index is 12.3. The van der Waals surface area contributed by atoms with Gasteiger partial charge in [0.05, 0.1) is 12.8 Å². The van der Waals surface area contributed by atoms with Gasteiger partial charge in [0.15, 0.2) is 0 Å². The number of aryl methyl sites for hydroxylation is 1. The van der Waals surface area contributed by atoms with Crippen molar-refractivity contribution in [2.75, 3.05) is 7.11 Å². The van der Waals surface area contributed by atoms with Crippen LogP contribution in [0.2, 0.25) is 0 Å². The van der Waals surface area contributed by atoms with Crippen molar-refractivity contribution in [1.82, 2.24) is 9.78 Å². The van der Waals surface area contributed by atoms with Gasteiger partial charge in [-0.05, 0) is 25.0 Å². The zero-order valence-electron chi connectivity index (χ0n) is 11.2. The van der Waals surface area contributed by atoms with Gasteiger partial charge in [-0.15, -0.1) is 0 Å². The van der Waals surface area contributed by atoms with Crippen LogP contribution in [0.5, 0.6) is 5.75 Å². The molecule has 0 unspecified atom stereocenters. The summed E-state index contributed by atoms with van der Waals surface area (Å²) >= 11 is 0. The maximum absolute atomic E-state index is 12.3. The second-order valence-electron chi connectivity index (χ2n) is 4.65. The molecule has 96 valence electrons. The minimum absolute atomic E-state index is 0.00996. The predicted molar refractivity (Wildman–Crippen MR) is 71.8 cm³/mol. The molecule has 2 rings (SSSR count). The summed E-state index contributed by atoms with van der Waals surface area (Å²) in [7, 11) is 1.61. The van der Waals surface area contributed by atoms with Gasteiger partial charge >= 0.3 is 0 Å². The van der Waals surface area contributed by atoms with Crippen molar-refractivity contribution in [3.63, 3.8) is 0 Å². The number of methoxy groups -OCH3 is 1. The van der Waals surface area contributed by atoms with Crippen molar-refractivity contribution in [3.8, 4) is 11.4 Å². The minimum atomic E-state index is 0.00996. The molecule has 1 heterocycles. The molecule has 0 radical (unpaired) electrons. The third-order valence-corrected chi connectivity index (χ3v) is 3.01. The van der Waals surface area contributed by atoms with Gasteiger partial charge in [-0.3, -0.25) is 9.89 Å². The normalized spacial score (nSPS) is 10.9. The fourth-order valence-corrected chi connectivity index (χ4v) is 2.17. The Labute approximate surface area is 106 Å². The highest BCUT2D eigenvalue weighted by Crippen LogP contribution is 2.18. The van der Waals surface area contributed by atoms with Crippen molar-refractivity contribution in [1.29, 1.82) is 0 Å². The first-order valence-corrected chi connectivity index (χ1v) is 6.00. The van der Waals surface area contributed by atoms with Crippen LogP contribution < -0.4 is 10.3 Å². The molecule has 1 aromatic heterocycles. The second-order valence-corrected chi connectivity index (χ2v) is 4.65. The number of rotatable bonds is 3. The number of hydrogen-bond acceptors (Lipinski definition) is 2. The zero-order chi connectivity index (χ0) is 13.3. The minimum Gasteiger partial charge on any atom is -0.497 e.